The predicted molar refractivity (Wildman–Crippen MR) is 91.0 cm³/mol. The molecule has 2 rings (SSSR count). The van der Waals surface area contributed by atoms with Gasteiger partial charge in [-0.3, -0.25) is 14.9 Å². The molecule has 0 atom stereocenters. The number of carbonyl (C=O) groups is 3. The van der Waals surface area contributed by atoms with Gasteiger partial charge >= 0.3 is 12.0 Å². The molecule has 25 heavy (non-hydrogen) atoms. The van der Waals surface area contributed by atoms with Crippen LogP contribution in [0, 0.1) is 0 Å². The van der Waals surface area contributed by atoms with Crippen LogP contribution in [0.25, 0.3) is 10.9 Å². The number of urea groups is 1. The number of imide groups is 1. The molecule has 2 aromatic rings. The lowest BCUT2D eigenvalue weighted by Gasteiger charge is -2.07. The van der Waals surface area contributed by atoms with Gasteiger partial charge in [-0.15, -0.1) is 0 Å². The van der Waals surface area contributed by atoms with Gasteiger partial charge in [0, 0.05) is 37.2 Å². The monoisotopic (exact) mass is 347 g/mol. The molecule has 134 valence electrons. The first kappa shape index (κ1) is 18.5. The molecule has 0 radical (unpaired) electrons. The maximum absolute atomic E-state index is 11.7. The van der Waals surface area contributed by atoms with Crippen LogP contribution in [-0.2, 0) is 25.5 Å². The molecule has 8 nitrogen and oxygen atoms in total. The summed E-state index contributed by atoms with van der Waals surface area (Å²) < 4.78 is 9.64. The Labute approximate surface area is 144 Å². The Morgan fingerprint density at radius 1 is 1.20 bits per heavy atom. The lowest BCUT2D eigenvalue weighted by molar-refractivity contribution is -0.148. The highest BCUT2D eigenvalue weighted by molar-refractivity contribution is 5.95. The molecule has 0 fully saturated rings. The quantitative estimate of drug-likeness (QED) is 0.490. The molecule has 0 spiro atoms. The first-order chi connectivity index (χ1) is 12.1. The van der Waals surface area contributed by atoms with Crippen molar-refractivity contribution in [3.8, 4) is 0 Å². The first-order valence-electron chi connectivity index (χ1n) is 7.87. The summed E-state index contributed by atoms with van der Waals surface area (Å²) in [6.07, 6.45) is 2.51. The number of carbonyl (C=O) groups excluding carboxylic acids is 3. The molecule has 0 unspecified atom stereocenters. The summed E-state index contributed by atoms with van der Waals surface area (Å²) in [5, 5.41) is 5.54. The Kier molecular flexibility index (Phi) is 6.97. The van der Waals surface area contributed by atoms with Gasteiger partial charge in [-0.1, -0.05) is 18.2 Å². The van der Waals surface area contributed by atoms with E-state index in [9.17, 15) is 14.4 Å². The maximum Gasteiger partial charge on any atom is 0.321 e. The zero-order valence-electron chi connectivity index (χ0n) is 14.0. The number of aromatic amines is 1. The maximum atomic E-state index is 11.7. The second-order valence-corrected chi connectivity index (χ2v) is 5.32. The van der Waals surface area contributed by atoms with Crippen LogP contribution in [0.15, 0.2) is 30.5 Å². The van der Waals surface area contributed by atoms with Crippen LogP contribution in [0.1, 0.15) is 12.0 Å². The standard InChI is InChI=1S/C17H21N3O5/c1-24-9-8-18-17(23)20-15(21)11-25-16(22)7-6-12-10-19-14-5-3-2-4-13(12)14/h2-5,10,19H,6-9,11H2,1H3,(H2,18,20,21,23). The van der Waals surface area contributed by atoms with E-state index in [4.69, 9.17) is 9.47 Å². The van der Waals surface area contributed by atoms with Crippen LogP contribution in [0.2, 0.25) is 0 Å². The molecular formula is C17H21N3O5. The Hall–Kier alpha value is -2.87. The van der Waals surface area contributed by atoms with Gasteiger partial charge in [0.25, 0.3) is 5.91 Å². The average Bonchev–Trinajstić information content (AvgIpc) is 3.01. The third kappa shape index (κ3) is 5.92. The number of methoxy groups -OCH3 is 1. The van der Waals surface area contributed by atoms with Crippen LogP contribution < -0.4 is 10.6 Å². The number of fused-ring (bicyclic) bond motifs is 1. The Morgan fingerprint density at radius 3 is 2.80 bits per heavy atom. The topological polar surface area (TPSA) is 110 Å². The summed E-state index contributed by atoms with van der Waals surface area (Å²) in [6.45, 7) is 0.120. The van der Waals surface area contributed by atoms with Crippen molar-refractivity contribution >= 4 is 28.8 Å². The summed E-state index contributed by atoms with van der Waals surface area (Å²) in [5.41, 5.74) is 2.01. The van der Waals surface area contributed by atoms with E-state index >= 15 is 0 Å². The van der Waals surface area contributed by atoms with Crippen LogP contribution in [0.5, 0.6) is 0 Å². The summed E-state index contributed by atoms with van der Waals surface area (Å²) >= 11 is 0. The van der Waals surface area contributed by atoms with Crippen LogP contribution in [0.3, 0.4) is 0 Å². The fraction of sp³-hybridized carbons (Fsp3) is 0.353. The number of para-hydroxylation sites is 1. The summed E-state index contributed by atoms with van der Waals surface area (Å²) in [4.78, 5) is 37.7. The van der Waals surface area contributed by atoms with Crippen molar-refractivity contribution in [3.63, 3.8) is 0 Å². The lowest BCUT2D eigenvalue weighted by atomic mass is 10.1. The molecule has 1 aromatic heterocycles. The summed E-state index contributed by atoms with van der Waals surface area (Å²) in [6, 6.07) is 7.14. The number of benzene rings is 1. The number of aromatic nitrogens is 1. The molecule has 0 aliphatic heterocycles. The molecule has 0 bridgehead atoms. The molecule has 1 heterocycles. The van der Waals surface area contributed by atoms with Crippen molar-refractivity contribution in [1.29, 1.82) is 0 Å². The minimum absolute atomic E-state index is 0.148. The van der Waals surface area contributed by atoms with Crippen molar-refractivity contribution in [3.05, 3.63) is 36.0 Å². The van der Waals surface area contributed by atoms with E-state index in [1.165, 1.54) is 7.11 Å². The van der Waals surface area contributed by atoms with Gasteiger partial charge in [0.15, 0.2) is 6.61 Å². The largest absolute Gasteiger partial charge is 0.456 e. The minimum Gasteiger partial charge on any atom is -0.456 e. The van der Waals surface area contributed by atoms with Gasteiger partial charge in [-0.05, 0) is 18.1 Å². The van der Waals surface area contributed by atoms with Crippen molar-refractivity contribution in [1.82, 2.24) is 15.6 Å². The highest BCUT2D eigenvalue weighted by atomic mass is 16.5. The predicted octanol–water partition coefficient (Wildman–Crippen LogP) is 1.12. The van der Waals surface area contributed by atoms with Gasteiger partial charge in [-0.25, -0.2) is 4.79 Å². The van der Waals surface area contributed by atoms with Crippen LogP contribution >= 0.6 is 0 Å². The third-order valence-electron chi connectivity index (χ3n) is 3.48. The van der Waals surface area contributed by atoms with E-state index in [-0.39, 0.29) is 13.0 Å². The number of ether oxygens (including phenoxy) is 2. The Morgan fingerprint density at radius 2 is 2.00 bits per heavy atom. The third-order valence-corrected chi connectivity index (χ3v) is 3.48. The van der Waals surface area contributed by atoms with Crippen LogP contribution in [-0.4, -0.2) is 49.8 Å². The van der Waals surface area contributed by atoms with E-state index in [2.05, 4.69) is 15.6 Å². The van der Waals surface area contributed by atoms with Gasteiger partial charge in [0.05, 0.1) is 6.61 Å². The fourth-order valence-corrected chi connectivity index (χ4v) is 2.27. The summed E-state index contributed by atoms with van der Waals surface area (Å²) in [7, 11) is 1.50. The van der Waals surface area contributed by atoms with Gasteiger partial charge in [0.2, 0.25) is 0 Å². The van der Waals surface area contributed by atoms with Gasteiger partial charge in [0.1, 0.15) is 0 Å². The zero-order valence-corrected chi connectivity index (χ0v) is 14.0. The molecule has 1 aromatic carbocycles. The molecule has 0 aliphatic rings. The average molecular weight is 347 g/mol. The van der Waals surface area contributed by atoms with E-state index < -0.39 is 24.5 Å². The Balaban J connectivity index is 1.68. The normalized spacial score (nSPS) is 10.4. The fourth-order valence-electron chi connectivity index (χ4n) is 2.27. The molecule has 3 N–H and O–H groups in total. The van der Waals surface area contributed by atoms with Crippen molar-refractivity contribution in [2.45, 2.75) is 12.8 Å². The highest BCUT2D eigenvalue weighted by Crippen LogP contribution is 2.18. The van der Waals surface area contributed by atoms with E-state index in [0.29, 0.717) is 13.0 Å². The first-order valence-corrected chi connectivity index (χ1v) is 7.87. The SMILES string of the molecule is COCCNC(=O)NC(=O)COC(=O)CCc1c[nH]c2ccccc12. The number of amides is 3. The second kappa shape index (κ2) is 9.43. The zero-order chi connectivity index (χ0) is 18.1. The van der Waals surface area contributed by atoms with Crippen molar-refractivity contribution in [2.75, 3.05) is 26.9 Å². The van der Waals surface area contributed by atoms with Gasteiger partial charge < -0.3 is 19.8 Å². The second-order valence-electron chi connectivity index (χ2n) is 5.32. The van der Waals surface area contributed by atoms with E-state index in [0.717, 1.165) is 16.5 Å². The van der Waals surface area contributed by atoms with Gasteiger partial charge in [-0.2, -0.15) is 0 Å². The molecule has 0 saturated heterocycles. The van der Waals surface area contributed by atoms with Crippen molar-refractivity contribution < 1.29 is 23.9 Å². The highest BCUT2D eigenvalue weighted by Gasteiger charge is 2.12. The molecule has 0 aliphatic carbocycles. The van der Waals surface area contributed by atoms with Crippen LogP contribution in [0.4, 0.5) is 4.79 Å². The Bertz CT molecular complexity index is 741. The molecular weight excluding hydrogens is 326 g/mol. The lowest BCUT2D eigenvalue weighted by Crippen LogP contribution is -2.42. The number of H-pyrrole nitrogens is 1. The molecule has 3 amide bonds. The van der Waals surface area contributed by atoms with Crippen molar-refractivity contribution in [2.24, 2.45) is 0 Å². The number of rotatable bonds is 8. The van der Waals surface area contributed by atoms with E-state index in [1.807, 2.05) is 30.5 Å². The number of hydrogen-bond donors (Lipinski definition) is 3. The van der Waals surface area contributed by atoms with E-state index in [1.54, 1.807) is 0 Å². The molecule has 8 heteroatoms. The number of nitrogens with one attached hydrogen (secondary N) is 3. The summed E-state index contributed by atoms with van der Waals surface area (Å²) in [5.74, 6) is -1.18. The number of hydrogen-bond acceptors (Lipinski definition) is 5. The molecule has 0 saturated carbocycles. The number of esters is 1. The minimum atomic E-state index is -0.685. The number of aryl methyl sites for hydroxylation is 1. The smallest absolute Gasteiger partial charge is 0.321 e.